The number of hydrogen-bond donors (Lipinski definition) is 0. The molecule has 5 heteroatoms. The smallest absolute Gasteiger partial charge is 0.147 e. The van der Waals surface area contributed by atoms with Crippen LogP contribution in [-0.4, -0.2) is 56.8 Å². The van der Waals surface area contributed by atoms with Crippen LogP contribution >= 0.6 is 0 Å². The summed E-state index contributed by atoms with van der Waals surface area (Å²) in [6.07, 6.45) is 7.31. The zero-order valence-electron chi connectivity index (χ0n) is 20.5. The number of aromatic nitrogens is 3. The molecule has 0 saturated carbocycles. The van der Waals surface area contributed by atoms with Crippen LogP contribution in [0.15, 0.2) is 55.6 Å². The molecule has 1 aromatic carbocycles. The van der Waals surface area contributed by atoms with Crippen LogP contribution in [0.3, 0.4) is 0 Å². The minimum Gasteiger partial charge on any atom is -0.296 e. The normalized spacial score (nSPS) is 17.6. The summed E-state index contributed by atoms with van der Waals surface area (Å²) < 4.78 is 2.22. The number of benzene rings is 1. The van der Waals surface area contributed by atoms with E-state index in [4.69, 9.17) is 10.1 Å². The second kappa shape index (κ2) is 11.6. The van der Waals surface area contributed by atoms with Gasteiger partial charge in [0.25, 0.3) is 0 Å². The Morgan fingerprint density at radius 2 is 1.69 bits per heavy atom. The van der Waals surface area contributed by atoms with Crippen molar-refractivity contribution in [3.63, 3.8) is 0 Å². The molecule has 1 fully saturated rings. The van der Waals surface area contributed by atoms with Gasteiger partial charge >= 0.3 is 0 Å². The highest BCUT2D eigenvalue weighted by Crippen LogP contribution is 2.33. The van der Waals surface area contributed by atoms with E-state index in [0.717, 1.165) is 57.1 Å². The lowest BCUT2D eigenvalue weighted by molar-refractivity contribution is 0.101. The second-order valence-electron chi connectivity index (χ2n) is 9.43. The highest BCUT2D eigenvalue weighted by atomic mass is 15.4. The third kappa shape index (κ3) is 5.96. The monoisotopic (exact) mass is 435 g/mol. The number of hydrogen-bond acceptors (Lipinski definition) is 4. The second-order valence-corrected chi connectivity index (χ2v) is 9.43. The largest absolute Gasteiger partial charge is 0.296 e. The van der Waals surface area contributed by atoms with Gasteiger partial charge in [-0.1, -0.05) is 56.3 Å². The number of rotatable bonds is 11. The molecule has 1 unspecified atom stereocenters. The molecular weight excluding hydrogens is 394 g/mol. The van der Waals surface area contributed by atoms with E-state index in [1.54, 1.807) is 0 Å². The van der Waals surface area contributed by atoms with E-state index in [9.17, 15) is 0 Å². The lowest BCUT2D eigenvalue weighted by atomic mass is 9.94. The van der Waals surface area contributed by atoms with Crippen molar-refractivity contribution in [3.8, 4) is 0 Å². The van der Waals surface area contributed by atoms with E-state index in [1.165, 1.54) is 5.56 Å². The topological polar surface area (TPSA) is 37.2 Å². The fourth-order valence-corrected chi connectivity index (χ4v) is 4.96. The first-order valence-electron chi connectivity index (χ1n) is 12.1. The van der Waals surface area contributed by atoms with E-state index >= 15 is 0 Å². The van der Waals surface area contributed by atoms with Gasteiger partial charge in [0.15, 0.2) is 0 Å². The van der Waals surface area contributed by atoms with E-state index < -0.39 is 0 Å². The molecule has 0 spiro atoms. The van der Waals surface area contributed by atoms with Gasteiger partial charge in [-0.2, -0.15) is 5.10 Å². The summed E-state index contributed by atoms with van der Waals surface area (Å²) in [6.45, 7) is 20.6. The molecule has 0 aliphatic carbocycles. The van der Waals surface area contributed by atoms with Gasteiger partial charge in [0.05, 0.1) is 6.04 Å². The first kappa shape index (κ1) is 24.4. The highest BCUT2D eigenvalue weighted by molar-refractivity contribution is 5.19. The van der Waals surface area contributed by atoms with Crippen molar-refractivity contribution in [2.75, 3.05) is 26.2 Å². The zero-order valence-corrected chi connectivity index (χ0v) is 20.5. The molecule has 0 bridgehead atoms. The highest BCUT2D eigenvalue weighted by Gasteiger charge is 2.30. The van der Waals surface area contributed by atoms with Crippen LogP contribution in [-0.2, 0) is 0 Å². The summed E-state index contributed by atoms with van der Waals surface area (Å²) >= 11 is 0. The molecule has 1 saturated heterocycles. The Bertz CT molecular complexity index is 838. The van der Waals surface area contributed by atoms with Crippen molar-refractivity contribution in [3.05, 3.63) is 72.9 Å². The summed E-state index contributed by atoms with van der Waals surface area (Å²) in [4.78, 5) is 9.83. The SMILES string of the molecule is C=CCN(CC=C)C(C)C[C@H](c1ccccc1)N1CCC(n2nc(C)nc2C(C)C)CC1. The molecule has 0 amide bonds. The van der Waals surface area contributed by atoms with Crippen molar-refractivity contribution < 1.29 is 0 Å². The molecule has 1 aliphatic heterocycles. The van der Waals surface area contributed by atoms with Gasteiger partial charge in [0.2, 0.25) is 0 Å². The predicted molar refractivity (Wildman–Crippen MR) is 134 cm³/mol. The third-order valence-electron chi connectivity index (χ3n) is 6.66. The fraction of sp³-hybridized carbons (Fsp3) is 0.556. The minimum absolute atomic E-state index is 0.396. The summed E-state index contributed by atoms with van der Waals surface area (Å²) in [7, 11) is 0. The van der Waals surface area contributed by atoms with Crippen LogP contribution in [0.1, 0.15) is 75.2 Å². The van der Waals surface area contributed by atoms with E-state index in [-0.39, 0.29) is 0 Å². The molecule has 32 heavy (non-hydrogen) atoms. The molecular formula is C27H41N5. The standard InChI is InChI=1S/C27H41N5/c1-7-16-30(17-8-2)22(5)20-26(24-12-10-9-11-13-24)31-18-14-25(15-19-31)32-27(21(3)4)28-23(6)29-32/h7-13,21-22,25-26H,1-2,14-20H2,3-6H3/t22?,26-/m1/s1. The summed E-state index contributed by atoms with van der Waals surface area (Å²) in [5.74, 6) is 2.41. The Balaban J connectivity index is 1.74. The number of piperidine rings is 1. The Morgan fingerprint density at radius 1 is 1.06 bits per heavy atom. The van der Waals surface area contributed by atoms with Crippen molar-refractivity contribution in [1.29, 1.82) is 0 Å². The Hall–Kier alpha value is -2.24. The van der Waals surface area contributed by atoms with Crippen LogP contribution in [0.4, 0.5) is 0 Å². The van der Waals surface area contributed by atoms with E-state index in [0.29, 0.717) is 24.0 Å². The first-order valence-corrected chi connectivity index (χ1v) is 12.1. The van der Waals surface area contributed by atoms with Crippen LogP contribution in [0, 0.1) is 6.92 Å². The number of aryl methyl sites for hydroxylation is 1. The molecule has 1 aromatic heterocycles. The third-order valence-corrected chi connectivity index (χ3v) is 6.66. The lowest BCUT2D eigenvalue weighted by Gasteiger charge is -2.40. The molecule has 5 nitrogen and oxygen atoms in total. The van der Waals surface area contributed by atoms with Crippen molar-refractivity contribution in [2.45, 2.75) is 71.0 Å². The van der Waals surface area contributed by atoms with Gasteiger partial charge in [0.1, 0.15) is 11.6 Å². The molecule has 2 aromatic rings. The molecule has 1 aliphatic rings. The Labute approximate surface area is 194 Å². The summed E-state index contributed by atoms with van der Waals surface area (Å²) in [5, 5.41) is 4.76. The summed E-state index contributed by atoms with van der Waals surface area (Å²) in [5.41, 5.74) is 1.41. The molecule has 174 valence electrons. The Morgan fingerprint density at radius 3 is 2.25 bits per heavy atom. The maximum absolute atomic E-state index is 4.76. The molecule has 2 heterocycles. The summed E-state index contributed by atoms with van der Waals surface area (Å²) in [6, 6.07) is 12.3. The number of nitrogens with zero attached hydrogens (tertiary/aromatic N) is 5. The Kier molecular flexibility index (Phi) is 8.83. The van der Waals surface area contributed by atoms with E-state index in [1.807, 2.05) is 19.1 Å². The van der Waals surface area contributed by atoms with Gasteiger partial charge in [0, 0.05) is 44.2 Å². The quantitative estimate of drug-likeness (QED) is 0.434. The zero-order chi connectivity index (χ0) is 23.1. The maximum atomic E-state index is 4.76. The van der Waals surface area contributed by atoms with Crippen LogP contribution in [0.2, 0.25) is 0 Å². The van der Waals surface area contributed by atoms with E-state index in [2.05, 4.69) is 78.7 Å². The fourth-order valence-electron chi connectivity index (χ4n) is 4.96. The van der Waals surface area contributed by atoms with Gasteiger partial charge in [-0.3, -0.25) is 9.80 Å². The minimum atomic E-state index is 0.396. The average molecular weight is 436 g/mol. The predicted octanol–water partition coefficient (Wildman–Crippen LogP) is 5.54. The van der Waals surface area contributed by atoms with Gasteiger partial charge in [-0.15, -0.1) is 13.2 Å². The van der Waals surface area contributed by atoms with Crippen molar-refractivity contribution in [2.24, 2.45) is 0 Å². The van der Waals surface area contributed by atoms with Gasteiger partial charge in [-0.05, 0) is 38.7 Å². The maximum Gasteiger partial charge on any atom is 0.147 e. The van der Waals surface area contributed by atoms with Gasteiger partial charge < -0.3 is 0 Å². The average Bonchev–Trinajstić information content (AvgIpc) is 3.20. The van der Waals surface area contributed by atoms with Crippen molar-refractivity contribution in [1.82, 2.24) is 24.6 Å². The van der Waals surface area contributed by atoms with Crippen LogP contribution in [0.25, 0.3) is 0 Å². The lowest BCUT2D eigenvalue weighted by Crippen LogP contribution is -2.42. The molecule has 3 rings (SSSR count). The van der Waals surface area contributed by atoms with Gasteiger partial charge in [-0.25, -0.2) is 9.67 Å². The molecule has 0 radical (unpaired) electrons. The number of likely N-dealkylation sites (tertiary alicyclic amines) is 1. The first-order chi connectivity index (χ1) is 15.4. The molecule has 2 atom stereocenters. The van der Waals surface area contributed by atoms with Crippen LogP contribution < -0.4 is 0 Å². The van der Waals surface area contributed by atoms with Crippen LogP contribution in [0.5, 0.6) is 0 Å². The van der Waals surface area contributed by atoms with Crippen molar-refractivity contribution >= 4 is 0 Å². The molecule has 0 N–H and O–H groups in total.